The first kappa shape index (κ1) is 40.0. The largest absolute Gasteiger partial charge is 0.481 e. The number of nitrogens with zero attached hydrogens (tertiary/aromatic N) is 2. The molecular weight excluding hydrogens is 660 g/mol. The maximum absolute atomic E-state index is 13.9. The average Bonchev–Trinajstić information content (AvgIpc) is 3.59. The van der Waals surface area contributed by atoms with Gasteiger partial charge in [-0.05, 0) is 105 Å². The summed E-state index contributed by atoms with van der Waals surface area (Å²) < 4.78 is 11.5. The summed E-state index contributed by atoms with van der Waals surface area (Å²) in [5.41, 5.74) is 0.453. The number of carbonyl (C=O) groups is 4. The Morgan fingerprint density at radius 1 is 1.02 bits per heavy atom. The van der Waals surface area contributed by atoms with Crippen molar-refractivity contribution in [2.45, 2.75) is 152 Å². The Kier molecular flexibility index (Phi) is 11.2. The van der Waals surface area contributed by atoms with E-state index >= 15 is 0 Å². The van der Waals surface area contributed by atoms with Crippen LogP contribution in [0.25, 0.3) is 0 Å². The number of esters is 1. The molecule has 1 heterocycles. The molecule has 4 aliphatic carbocycles. The number of ketones is 1. The van der Waals surface area contributed by atoms with Gasteiger partial charge in [0.25, 0.3) is 0 Å². The Morgan fingerprint density at radius 3 is 2.35 bits per heavy atom. The zero-order valence-corrected chi connectivity index (χ0v) is 33.4. The number of aryl methyl sites for hydroxylation is 1. The van der Waals surface area contributed by atoms with Gasteiger partial charge < -0.3 is 19.6 Å². The Bertz CT molecular complexity index is 1580. The standard InChI is InChI=1S/C41H64N4O7/c1-11-26-14-15-27-33-32(24(2)3)28(46)21-41(33,23-42-35(50)43-36-45-44-25(4)51-36)20-19-39(27,9)17-12-13-29-38(7,8)30(16-18-40(26,29)10)52-31(47)22-37(5,6)34(48)49/h24,26-27,29-30H,11-23H2,1-10H3,(H,48,49)(H2,42,43,45,50)/t26?,27?,29?,30-,39+,40+,41?/m0/s1. The number of hydrogen-bond donors (Lipinski definition) is 3. The van der Waals surface area contributed by atoms with E-state index in [9.17, 15) is 24.3 Å². The summed E-state index contributed by atoms with van der Waals surface area (Å²) in [5.74, 6) is 0.274. The van der Waals surface area contributed by atoms with Crippen molar-refractivity contribution < 1.29 is 33.4 Å². The number of anilines is 1. The number of rotatable bonds is 9. The molecule has 4 aliphatic rings. The molecule has 0 saturated heterocycles. The molecule has 4 unspecified atom stereocenters. The number of aliphatic carboxylic acids is 1. The second-order valence-electron chi connectivity index (χ2n) is 18.8. The molecule has 2 amide bonds. The molecule has 0 aliphatic heterocycles. The lowest BCUT2D eigenvalue weighted by Crippen LogP contribution is -2.54. The van der Waals surface area contributed by atoms with E-state index in [-0.39, 0.29) is 52.4 Å². The predicted octanol–water partition coefficient (Wildman–Crippen LogP) is 8.67. The Morgan fingerprint density at radius 2 is 1.73 bits per heavy atom. The maximum atomic E-state index is 13.9. The van der Waals surface area contributed by atoms with Crippen LogP contribution in [0.4, 0.5) is 10.8 Å². The minimum atomic E-state index is -1.18. The lowest BCUT2D eigenvalue weighted by molar-refractivity contribution is -0.180. The van der Waals surface area contributed by atoms with Crippen LogP contribution >= 0.6 is 0 Å². The van der Waals surface area contributed by atoms with Gasteiger partial charge in [0.05, 0.1) is 11.8 Å². The maximum Gasteiger partial charge on any atom is 0.323 e. The highest BCUT2D eigenvalue weighted by Crippen LogP contribution is 2.65. The van der Waals surface area contributed by atoms with Gasteiger partial charge in [0.15, 0.2) is 5.78 Å². The van der Waals surface area contributed by atoms with Crippen molar-refractivity contribution in [2.75, 3.05) is 11.9 Å². The quantitative estimate of drug-likeness (QED) is 0.212. The van der Waals surface area contributed by atoms with Gasteiger partial charge in [-0.25, -0.2) is 4.79 Å². The van der Waals surface area contributed by atoms with Crippen LogP contribution in [0.2, 0.25) is 0 Å². The third-order valence-corrected chi connectivity index (χ3v) is 14.3. The van der Waals surface area contributed by atoms with E-state index in [4.69, 9.17) is 9.15 Å². The highest BCUT2D eigenvalue weighted by Gasteiger charge is 2.59. The summed E-state index contributed by atoms with van der Waals surface area (Å²) in [5, 5.41) is 23.1. The number of aromatic nitrogens is 2. The third kappa shape index (κ3) is 7.43. The second kappa shape index (κ2) is 14.5. The Hall–Kier alpha value is -3.24. The zero-order valence-electron chi connectivity index (χ0n) is 33.4. The molecule has 3 N–H and O–H groups in total. The van der Waals surface area contributed by atoms with E-state index in [0.29, 0.717) is 30.7 Å². The van der Waals surface area contributed by atoms with Crippen LogP contribution in [0.15, 0.2) is 15.6 Å². The number of carbonyl (C=O) groups excluding carboxylic acids is 3. The van der Waals surface area contributed by atoms with Crippen molar-refractivity contribution in [3.8, 4) is 0 Å². The lowest BCUT2D eigenvalue weighted by atomic mass is 9.47. The highest BCUT2D eigenvalue weighted by atomic mass is 16.5. The molecule has 11 heteroatoms. The van der Waals surface area contributed by atoms with Crippen LogP contribution in [0.1, 0.15) is 145 Å². The first-order valence-electron chi connectivity index (χ1n) is 19.7. The minimum absolute atomic E-state index is 0.00621. The topological polar surface area (TPSA) is 161 Å². The highest BCUT2D eigenvalue weighted by molar-refractivity contribution is 6.01. The zero-order chi connectivity index (χ0) is 38.4. The van der Waals surface area contributed by atoms with Crippen LogP contribution < -0.4 is 10.6 Å². The molecule has 290 valence electrons. The third-order valence-electron chi connectivity index (χ3n) is 14.3. The average molecular weight is 725 g/mol. The van der Waals surface area contributed by atoms with Gasteiger partial charge in [0.1, 0.15) is 6.10 Å². The van der Waals surface area contributed by atoms with Gasteiger partial charge in [-0.2, -0.15) is 0 Å². The monoisotopic (exact) mass is 724 g/mol. The van der Waals surface area contributed by atoms with Gasteiger partial charge in [-0.3, -0.25) is 19.7 Å². The fraction of sp³-hybridized carbons (Fsp3) is 0.805. The molecule has 52 heavy (non-hydrogen) atoms. The molecule has 0 aromatic carbocycles. The van der Waals surface area contributed by atoms with Crippen molar-refractivity contribution in [2.24, 2.45) is 50.7 Å². The number of carboxylic acid groups (broad SMARTS) is 1. The normalized spacial score (nSPS) is 33.5. The molecule has 1 aromatic heterocycles. The van der Waals surface area contributed by atoms with Gasteiger partial charge in [-0.15, -0.1) is 5.10 Å². The van der Waals surface area contributed by atoms with E-state index in [1.165, 1.54) is 5.57 Å². The van der Waals surface area contributed by atoms with E-state index in [1.807, 2.05) is 0 Å². The molecule has 3 fully saturated rings. The summed E-state index contributed by atoms with van der Waals surface area (Å²) in [7, 11) is 0. The fourth-order valence-electron chi connectivity index (χ4n) is 11.3. The lowest BCUT2D eigenvalue weighted by Gasteiger charge is -2.59. The van der Waals surface area contributed by atoms with Crippen LogP contribution in [0, 0.1) is 57.7 Å². The van der Waals surface area contributed by atoms with Crippen molar-refractivity contribution in [3.05, 3.63) is 17.0 Å². The number of allylic oxidation sites excluding steroid dienone is 1. The molecule has 5 rings (SSSR count). The summed E-state index contributed by atoms with van der Waals surface area (Å²) in [6.07, 6.45) is 9.72. The van der Waals surface area contributed by atoms with Crippen LogP contribution in [-0.2, 0) is 19.1 Å². The molecule has 11 nitrogen and oxygen atoms in total. The molecule has 0 spiro atoms. The molecule has 0 radical (unpaired) electrons. The SMILES string of the molecule is CCC1CCC2C3=C(C(C)C)C(=O)CC3(CNC(=O)Nc3nnc(C)o3)CC[C@@]2(C)CCCC2C(C)(C)[C@@H](OC(=O)CC(C)(C)C(=O)O)CC[C@]12C. The van der Waals surface area contributed by atoms with Gasteiger partial charge >= 0.3 is 24.0 Å². The number of amides is 2. The predicted molar refractivity (Wildman–Crippen MR) is 198 cm³/mol. The number of hydrogen-bond acceptors (Lipinski definition) is 8. The molecule has 0 bridgehead atoms. The number of carboxylic acids is 1. The van der Waals surface area contributed by atoms with E-state index < -0.39 is 28.8 Å². The van der Waals surface area contributed by atoms with Crippen LogP contribution in [0.3, 0.4) is 0 Å². The first-order valence-corrected chi connectivity index (χ1v) is 19.7. The minimum Gasteiger partial charge on any atom is -0.481 e. The van der Waals surface area contributed by atoms with Crippen molar-refractivity contribution in [3.63, 3.8) is 0 Å². The number of nitrogens with one attached hydrogen (secondary N) is 2. The Balaban J connectivity index is 1.41. The van der Waals surface area contributed by atoms with E-state index in [2.05, 4.69) is 69.3 Å². The number of Topliss-reactive ketones (excluding diaryl/α,β-unsaturated/α-hetero) is 1. The van der Waals surface area contributed by atoms with Crippen molar-refractivity contribution >= 4 is 29.8 Å². The number of fused-ring (bicyclic) bond motifs is 4. The summed E-state index contributed by atoms with van der Waals surface area (Å²) >= 11 is 0. The van der Waals surface area contributed by atoms with Crippen LogP contribution in [0.5, 0.6) is 0 Å². The summed E-state index contributed by atoms with van der Waals surface area (Å²) in [6, 6.07) is -0.367. The molecular formula is C41H64N4O7. The summed E-state index contributed by atoms with van der Waals surface area (Å²) in [4.78, 5) is 51.9. The molecule has 3 saturated carbocycles. The van der Waals surface area contributed by atoms with Crippen molar-refractivity contribution in [1.82, 2.24) is 15.5 Å². The van der Waals surface area contributed by atoms with Crippen molar-refractivity contribution in [1.29, 1.82) is 0 Å². The Labute approximate surface area is 310 Å². The second-order valence-corrected chi connectivity index (χ2v) is 18.8. The fourth-order valence-corrected chi connectivity index (χ4v) is 11.3. The van der Waals surface area contributed by atoms with Gasteiger partial charge in [0.2, 0.25) is 5.89 Å². The van der Waals surface area contributed by atoms with Gasteiger partial charge in [0, 0.05) is 30.7 Å². The summed E-state index contributed by atoms with van der Waals surface area (Å²) in [6.45, 7) is 21.2. The first-order chi connectivity index (χ1) is 24.2. The molecule has 1 aromatic rings. The number of ether oxygens (including phenoxy) is 1. The van der Waals surface area contributed by atoms with Gasteiger partial charge in [-0.1, -0.05) is 72.0 Å². The van der Waals surface area contributed by atoms with E-state index in [1.54, 1.807) is 20.8 Å². The van der Waals surface area contributed by atoms with E-state index in [0.717, 1.165) is 69.8 Å². The number of urea groups is 1. The van der Waals surface area contributed by atoms with Crippen LogP contribution in [-0.4, -0.2) is 51.7 Å². The smallest absolute Gasteiger partial charge is 0.323 e. The molecule has 7 atom stereocenters.